The van der Waals surface area contributed by atoms with Crippen LogP contribution in [0.2, 0.25) is 0 Å². The van der Waals surface area contributed by atoms with Crippen LogP contribution < -0.4 is 0 Å². The van der Waals surface area contributed by atoms with Gasteiger partial charge < -0.3 is 10.2 Å². The fourth-order valence-electron chi connectivity index (χ4n) is 3.93. The summed E-state index contributed by atoms with van der Waals surface area (Å²) in [5.41, 5.74) is 0. The fourth-order valence-corrected chi connectivity index (χ4v) is 3.93. The van der Waals surface area contributed by atoms with E-state index in [1.54, 1.807) is 0 Å². The highest BCUT2D eigenvalue weighted by Gasteiger charge is 2.39. The molecule has 0 radical (unpaired) electrons. The molecule has 2 aliphatic rings. The third-order valence-electron chi connectivity index (χ3n) is 5.18. The normalized spacial score (nSPS) is 43.9. The Morgan fingerprint density at radius 2 is 1.47 bits per heavy atom. The minimum Gasteiger partial charge on any atom is -0.393 e. The zero-order valence-electron chi connectivity index (χ0n) is 11.3. The molecule has 0 bridgehead atoms. The predicted octanol–water partition coefficient (Wildman–Crippen LogP) is 2.97. The molecule has 0 aromatic rings. The van der Waals surface area contributed by atoms with Gasteiger partial charge >= 0.3 is 0 Å². The van der Waals surface area contributed by atoms with Gasteiger partial charge in [-0.2, -0.15) is 0 Å². The molecular weight excluding hydrogens is 212 g/mol. The first-order valence-electron chi connectivity index (χ1n) is 7.45. The lowest BCUT2D eigenvalue weighted by atomic mass is 9.66. The predicted molar refractivity (Wildman–Crippen MR) is 69.6 cm³/mol. The number of hydrogen-bond donors (Lipinski definition) is 2. The maximum Gasteiger partial charge on any atom is 0.0572 e. The van der Waals surface area contributed by atoms with Crippen molar-refractivity contribution in [3.05, 3.63) is 0 Å². The van der Waals surface area contributed by atoms with E-state index in [4.69, 9.17) is 0 Å². The van der Waals surface area contributed by atoms with E-state index in [0.29, 0.717) is 17.8 Å². The average Bonchev–Trinajstić information content (AvgIpc) is 2.30. The van der Waals surface area contributed by atoms with E-state index in [0.717, 1.165) is 44.4 Å². The summed E-state index contributed by atoms with van der Waals surface area (Å²) in [6.07, 6.45) is 7.37. The maximum atomic E-state index is 10.2. The monoisotopic (exact) mass is 240 g/mol. The van der Waals surface area contributed by atoms with Crippen molar-refractivity contribution < 1.29 is 10.2 Å². The summed E-state index contributed by atoms with van der Waals surface area (Å²) in [6.45, 7) is 4.58. The highest BCUT2D eigenvalue weighted by molar-refractivity contribution is 4.89. The molecule has 2 nitrogen and oxygen atoms in total. The van der Waals surface area contributed by atoms with E-state index in [9.17, 15) is 10.2 Å². The zero-order valence-corrected chi connectivity index (χ0v) is 11.3. The van der Waals surface area contributed by atoms with Crippen LogP contribution in [0, 0.1) is 23.7 Å². The molecule has 2 saturated carbocycles. The molecule has 0 saturated heterocycles. The molecule has 0 amide bonds. The van der Waals surface area contributed by atoms with Crippen LogP contribution in [0.4, 0.5) is 0 Å². The maximum absolute atomic E-state index is 10.2. The molecule has 2 heteroatoms. The molecule has 0 heterocycles. The Balaban J connectivity index is 2.01. The van der Waals surface area contributed by atoms with E-state index in [1.165, 1.54) is 6.42 Å². The van der Waals surface area contributed by atoms with Crippen molar-refractivity contribution in [1.29, 1.82) is 0 Å². The van der Waals surface area contributed by atoms with Gasteiger partial charge in [-0.05, 0) is 55.8 Å². The Morgan fingerprint density at radius 3 is 2.12 bits per heavy atom. The van der Waals surface area contributed by atoms with Gasteiger partial charge in [-0.15, -0.1) is 0 Å². The van der Waals surface area contributed by atoms with Gasteiger partial charge in [0, 0.05) is 0 Å². The van der Waals surface area contributed by atoms with Crippen LogP contribution in [-0.2, 0) is 0 Å². The second-order valence-corrected chi connectivity index (χ2v) is 6.56. The van der Waals surface area contributed by atoms with Gasteiger partial charge in [0.25, 0.3) is 0 Å². The molecule has 0 spiro atoms. The summed E-state index contributed by atoms with van der Waals surface area (Å²) in [7, 11) is 0. The molecule has 5 unspecified atom stereocenters. The smallest absolute Gasteiger partial charge is 0.0572 e. The molecule has 2 rings (SSSR count). The van der Waals surface area contributed by atoms with Crippen molar-refractivity contribution in [2.45, 2.75) is 71.0 Å². The van der Waals surface area contributed by atoms with Crippen molar-refractivity contribution in [2.24, 2.45) is 23.7 Å². The number of aliphatic hydroxyl groups is 2. The lowest BCUT2D eigenvalue weighted by Crippen LogP contribution is -2.41. The summed E-state index contributed by atoms with van der Waals surface area (Å²) >= 11 is 0. The highest BCUT2D eigenvalue weighted by Crippen LogP contribution is 2.42. The minimum absolute atomic E-state index is 0.158. The van der Waals surface area contributed by atoms with Crippen LogP contribution in [0.15, 0.2) is 0 Å². The number of rotatable bonds is 2. The second-order valence-electron chi connectivity index (χ2n) is 6.56. The van der Waals surface area contributed by atoms with Crippen LogP contribution in [0.25, 0.3) is 0 Å². The summed E-state index contributed by atoms with van der Waals surface area (Å²) in [5, 5.41) is 20.4. The quantitative estimate of drug-likeness (QED) is 0.779. The van der Waals surface area contributed by atoms with E-state index < -0.39 is 0 Å². The first-order valence-corrected chi connectivity index (χ1v) is 7.45. The van der Waals surface area contributed by atoms with Crippen LogP contribution in [0.1, 0.15) is 58.8 Å². The third kappa shape index (κ3) is 3.03. The standard InChI is InChI=1S/C15H28O2/c1-10(2)11-7-8-15(17)13(9-11)12-5-3-4-6-14(12)16/h10-17H,3-9H2,1-2H3. The van der Waals surface area contributed by atoms with E-state index >= 15 is 0 Å². The molecule has 0 aliphatic heterocycles. The molecule has 2 N–H and O–H groups in total. The van der Waals surface area contributed by atoms with Crippen molar-refractivity contribution >= 4 is 0 Å². The molecule has 0 aromatic heterocycles. The van der Waals surface area contributed by atoms with Crippen LogP contribution in [0.3, 0.4) is 0 Å². The van der Waals surface area contributed by atoms with E-state index in [-0.39, 0.29) is 12.2 Å². The van der Waals surface area contributed by atoms with Crippen LogP contribution in [0.5, 0.6) is 0 Å². The van der Waals surface area contributed by atoms with Gasteiger partial charge in [-0.25, -0.2) is 0 Å². The van der Waals surface area contributed by atoms with E-state index in [1.807, 2.05) is 0 Å². The summed E-state index contributed by atoms with van der Waals surface area (Å²) in [4.78, 5) is 0. The largest absolute Gasteiger partial charge is 0.393 e. The summed E-state index contributed by atoms with van der Waals surface area (Å²) in [5.74, 6) is 2.18. The SMILES string of the molecule is CC(C)C1CCC(O)C(C2CCCCC2O)C1. The van der Waals surface area contributed by atoms with Gasteiger partial charge in [0.2, 0.25) is 0 Å². The lowest BCUT2D eigenvalue weighted by molar-refractivity contribution is -0.0486. The van der Waals surface area contributed by atoms with Gasteiger partial charge in [0.1, 0.15) is 0 Å². The number of hydrogen-bond acceptors (Lipinski definition) is 2. The highest BCUT2D eigenvalue weighted by atomic mass is 16.3. The first kappa shape index (κ1) is 13.4. The van der Waals surface area contributed by atoms with Crippen molar-refractivity contribution in [3.8, 4) is 0 Å². The van der Waals surface area contributed by atoms with Gasteiger partial charge in [0.05, 0.1) is 12.2 Å². The molecular formula is C15H28O2. The summed E-state index contributed by atoms with van der Waals surface area (Å²) < 4.78 is 0. The van der Waals surface area contributed by atoms with Gasteiger partial charge in [0.15, 0.2) is 0 Å². The lowest BCUT2D eigenvalue weighted by Gasteiger charge is -2.42. The van der Waals surface area contributed by atoms with Crippen molar-refractivity contribution in [3.63, 3.8) is 0 Å². The van der Waals surface area contributed by atoms with Gasteiger partial charge in [-0.1, -0.05) is 26.7 Å². The molecule has 17 heavy (non-hydrogen) atoms. The summed E-state index contributed by atoms with van der Waals surface area (Å²) in [6, 6.07) is 0. The third-order valence-corrected chi connectivity index (χ3v) is 5.18. The van der Waals surface area contributed by atoms with Crippen molar-refractivity contribution in [2.75, 3.05) is 0 Å². The Hall–Kier alpha value is -0.0800. The molecule has 2 aliphatic carbocycles. The van der Waals surface area contributed by atoms with Gasteiger partial charge in [-0.3, -0.25) is 0 Å². The molecule has 5 atom stereocenters. The second kappa shape index (κ2) is 5.71. The average molecular weight is 240 g/mol. The van der Waals surface area contributed by atoms with Crippen LogP contribution in [-0.4, -0.2) is 22.4 Å². The Labute approximate surface area is 105 Å². The molecule has 0 aromatic carbocycles. The Kier molecular flexibility index (Phi) is 4.48. The van der Waals surface area contributed by atoms with Crippen molar-refractivity contribution in [1.82, 2.24) is 0 Å². The fraction of sp³-hybridized carbons (Fsp3) is 1.00. The molecule has 100 valence electrons. The molecule has 2 fully saturated rings. The zero-order chi connectivity index (χ0) is 12.4. The topological polar surface area (TPSA) is 40.5 Å². The first-order chi connectivity index (χ1) is 8.09. The Morgan fingerprint density at radius 1 is 0.824 bits per heavy atom. The van der Waals surface area contributed by atoms with Crippen LogP contribution >= 0.6 is 0 Å². The number of aliphatic hydroxyl groups excluding tert-OH is 2. The van der Waals surface area contributed by atoms with E-state index in [2.05, 4.69) is 13.8 Å². The minimum atomic E-state index is -0.164. The Bertz CT molecular complexity index is 239.